The van der Waals surface area contributed by atoms with Gasteiger partial charge >= 0.3 is 6.18 Å². The van der Waals surface area contributed by atoms with Crippen molar-refractivity contribution in [2.45, 2.75) is 31.2 Å². The van der Waals surface area contributed by atoms with E-state index in [1.54, 1.807) is 12.1 Å². The molecular weight excluding hydrogens is 370 g/mol. The average Bonchev–Trinajstić information content (AvgIpc) is 2.94. The molecule has 1 aliphatic heterocycles. The number of halogens is 5. The van der Waals surface area contributed by atoms with Gasteiger partial charge in [-0.25, -0.2) is 0 Å². The molecule has 0 saturated carbocycles. The number of hydrogen-bond donors (Lipinski definition) is 3. The molecule has 4 N–H and O–H groups in total. The highest BCUT2D eigenvalue weighted by molar-refractivity contribution is 5.97. The van der Waals surface area contributed by atoms with Gasteiger partial charge in [0.2, 0.25) is 0 Å². The van der Waals surface area contributed by atoms with Gasteiger partial charge in [0, 0.05) is 6.54 Å². The lowest BCUT2D eigenvalue weighted by Gasteiger charge is -2.16. The average molecular weight is 390 g/mol. The van der Waals surface area contributed by atoms with Gasteiger partial charge in [0.05, 0.1) is 17.5 Å². The summed E-state index contributed by atoms with van der Waals surface area (Å²) in [6, 6.07) is 6.23. The van der Waals surface area contributed by atoms with Crippen LogP contribution in [0.25, 0.3) is 0 Å². The van der Waals surface area contributed by atoms with E-state index in [2.05, 4.69) is 10.6 Å². The van der Waals surface area contributed by atoms with Gasteiger partial charge < -0.3 is 21.1 Å². The van der Waals surface area contributed by atoms with E-state index in [9.17, 15) is 18.0 Å². The summed E-state index contributed by atoms with van der Waals surface area (Å²) < 4.78 is 42.3. The van der Waals surface area contributed by atoms with E-state index in [1.807, 2.05) is 0 Å². The molecule has 1 amide bonds. The fourth-order valence-corrected chi connectivity index (χ4v) is 2.23. The minimum absolute atomic E-state index is 0. The zero-order valence-corrected chi connectivity index (χ0v) is 14.3. The molecule has 0 aromatic heterocycles. The van der Waals surface area contributed by atoms with Crippen molar-refractivity contribution in [2.75, 3.05) is 23.7 Å². The number of benzene rings is 1. The van der Waals surface area contributed by atoms with Crippen molar-refractivity contribution in [1.29, 1.82) is 0 Å². The zero-order valence-electron chi connectivity index (χ0n) is 12.6. The summed E-state index contributed by atoms with van der Waals surface area (Å²) in [5.74, 6) is -0.378. The van der Waals surface area contributed by atoms with E-state index >= 15 is 0 Å². The SMILES string of the molecule is Cl.Cl.NC[C@H]1CC[C@@H](C(=O)Nc2ccccc2NCC(F)(F)F)O1. The maximum atomic E-state index is 12.3. The predicted molar refractivity (Wildman–Crippen MR) is 91.1 cm³/mol. The van der Waals surface area contributed by atoms with Gasteiger partial charge in [-0.15, -0.1) is 24.8 Å². The Morgan fingerprint density at radius 1 is 1.21 bits per heavy atom. The molecule has 0 unspecified atom stereocenters. The zero-order chi connectivity index (χ0) is 16.2. The van der Waals surface area contributed by atoms with Crippen molar-refractivity contribution in [2.24, 2.45) is 5.73 Å². The highest BCUT2D eigenvalue weighted by Crippen LogP contribution is 2.25. The van der Waals surface area contributed by atoms with Crippen LogP contribution in [0.5, 0.6) is 0 Å². The highest BCUT2D eigenvalue weighted by Gasteiger charge is 2.30. The second kappa shape index (κ2) is 9.93. The lowest BCUT2D eigenvalue weighted by molar-refractivity contribution is -0.126. The smallest absolute Gasteiger partial charge is 0.375 e. The van der Waals surface area contributed by atoms with E-state index < -0.39 is 18.8 Å². The minimum Gasteiger partial charge on any atom is -0.375 e. The minimum atomic E-state index is -4.33. The Kier molecular flexibility index (Phi) is 9.42. The van der Waals surface area contributed by atoms with Gasteiger partial charge in [-0.3, -0.25) is 4.79 Å². The summed E-state index contributed by atoms with van der Waals surface area (Å²) in [6.45, 7) is -0.831. The third-order valence-electron chi connectivity index (χ3n) is 3.33. The Hall–Kier alpha value is -1.22. The van der Waals surface area contributed by atoms with Crippen molar-refractivity contribution in [3.8, 4) is 0 Å². The van der Waals surface area contributed by atoms with Gasteiger partial charge in [0.15, 0.2) is 0 Å². The first-order valence-electron chi connectivity index (χ1n) is 6.95. The molecule has 1 fully saturated rings. The van der Waals surface area contributed by atoms with Crippen LogP contribution in [0.4, 0.5) is 24.5 Å². The largest absolute Gasteiger partial charge is 0.405 e. The second-order valence-electron chi connectivity index (χ2n) is 5.06. The molecule has 0 spiro atoms. The third kappa shape index (κ3) is 6.72. The number of rotatable bonds is 5. The molecule has 5 nitrogen and oxygen atoms in total. The van der Waals surface area contributed by atoms with Crippen LogP contribution in [-0.4, -0.2) is 37.4 Å². The number of nitrogens with one attached hydrogen (secondary N) is 2. The summed E-state index contributed by atoms with van der Waals surface area (Å²) in [7, 11) is 0. The summed E-state index contributed by atoms with van der Waals surface area (Å²) >= 11 is 0. The maximum Gasteiger partial charge on any atom is 0.405 e. The van der Waals surface area contributed by atoms with Crippen molar-refractivity contribution in [1.82, 2.24) is 0 Å². The quantitative estimate of drug-likeness (QED) is 0.723. The number of alkyl halides is 3. The van der Waals surface area contributed by atoms with Crippen molar-refractivity contribution >= 4 is 42.1 Å². The number of para-hydroxylation sites is 2. The normalized spacial score (nSPS) is 19.8. The van der Waals surface area contributed by atoms with Gasteiger partial charge in [0.1, 0.15) is 12.6 Å². The number of amides is 1. The lowest BCUT2D eigenvalue weighted by atomic mass is 10.2. The number of anilines is 2. The number of carbonyl (C=O) groups excluding carboxylic acids is 1. The fourth-order valence-electron chi connectivity index (χ4n) is 2.23. The first kappa shape index (κ1) is 22.8. The molecule has 1 aliphatic rings. The molecule has 2 rings (SSSR count). The van der Waals surface area contributed by atoms with E-state index in [4.69, 9.17) is 10.5 Å². The van der Waals surface area contributed by atoms with Crippen LogP contribution in [0.15, 0.2) is 24.3 Å². The Morgan fingerprint density at radius 2 is 1.83 bits per heavy atom. The molecule has 1 heterocycles. The molecule has 10 heteroatoms. The number of hydrogen-bond acceptors (Lipinski definition) is 4. The maximum absolute atomic E-state index is 12.3. The van der Waals surface area contributed by atoms with Crippen molar-refractivity contribution in [3.63, 3.8) is 0 Å². The second-order valence-corrected chi connectivity index (χ2v) is 5.06. The first-order valence-corrected chi connectivity index (χ1v) is 6.95. The van der Waals surface area contributed by atoms with Crippen LogP contribution < -0.4 is 16.4 Å². The summed E-state index contributed by atoms with van der Waals surface area (Å²) in [5, 5.41) is 4.87. The molecule has 0 aliphatic carbocycles. The molecule has 0 radical (unpaired) electrons. The van der Waals surface area contributed by atoms with Crippen LogP contribution in [0.2, 0.25) is 0 Å². The third-order valence-corrected chi connectivity index (χ3v) is 3.33. The highest BCUT2D eigenvalue weighted by atomic mass is 35.5. The van der Waals surface area contributed by atoms with E-state index in [1.165, 1.54) is 12.1 Å². The Balaban J connectivity index is 0.00000264. The molecule has 24 heavy (non-hydrogen) atoms. The summed E-state index contributed by atoms with van der Waals surface area (Å²) in [5.41, 5.74) is 5.98. The van der Waals surface area contributed by atoms with Gasteiger partial charge in [-0.05, 0) is 25.0 Å². The Labute approximate surface area is 150 Å². The van der Waals surface area contributed by atoms with Crippen LogP contribution in [-0.2, 0) is 9.53 Å². The molecule has 1 aromatic carbocycles. The summed E-state index contributed by atoms with van der Waals surface area (Å²) in [4.78, 5) is 12.1. The van der Waals surface area contributed by atoms with Crippen molar-refractivity contribution in [3.05, 3.63) is 24.3 Å². The number of carbonyl (C=O) groups is 1. The van der Waals surface area contributed by atoms with Crippen LogP contribution in [0.1, 0.15) is 12.8 Å². The van der Waals surface area contributed by atoms with Gasteiger partial charge in [0.25, 0.3) is 5.91 Å². The van der Waals surface area contributed by atoms with Gasteiger partial charge in [-0.1, -0.05) is 12.1 Å². The molecular formula is C14H20Cl2F3N3O2. The van der Waals surface area contributed by atoms with E-state index in [-0.39, 0.29) is 48.2 Å². The predicted octanol–water partition coefficient (Wildman–Crippen LogP) is 2.95. The molecule has 138 valence electrons. The van der Waals surface area contributed by atoms with E-state index in [0.29, 0.717) is 19.4 Å². The molecule has 1 aromatic rings. The Bertz CT molecular complexity index is 532. The fraction of sp³-hybridized carbons (Fsp3) is 0.500. The van der Waals surface area contributed by atoms with Crippen LogP contribution >= 0.6 is 24.8 Å². The number of ether oxygens (including phenoxy) is 1. The first-order chi connectivity index (χ1) is 10.4. The standard InChI is InChI=1S/C14H18F3N3O2.2ClH/c15-14(16,17)8-19-10-3-1-2-4-11(10)20-13(21)12-6-5-9(7-18)22-12;;/h1-4,9,12,19H,5-8,18H2,(H,20,21);2*1H/t9-,12+;;/m1../s1. The van der Waals surface area contributed by atoms with Crippen LogP contribution in [0.3, 0.4) is 0 Å². The van der Waals surface area contributed by atoms with Crippen molar-refractivity contribution < 1.29 is 22.7 Å². The molecule has 0 bridgehead atoms. The molecule has 2 atom stereocenters. The topological polar surface area (TPSA) is 76.4 Å². The van der Waals surface area contributed by atoms with E-state index in [0.717, 1.165) is 0 Å². The number of nitrogens with two attached hydrogens (primary N) is 1. The molecule has 1 saturated heterocycles. The summed E-state index contributed by atoms with van der Waals surface area (Å²) in [6.07, 6.45) is -3.85. The van der Waals surface area contributed by atoms with Crippen LogP contribution in [0, 0.1) is 0 Å². The monoisotopic (exact) mass is 389 g/mol. The Morgan fingerprint density at radius 3 is 2.38 bits per heavy atom. The van der Waals surface area contributed by atoms with Gasteiger partial charge in [-0.2, -0.15) is 13.2 Å². The lowest BCUT2D eigenvalue weighted by Crippen LogP contribution is -2.30.